The average Bonchev–Trinajstić information content (AvgIpc) is 2.76. The summed E-state index contributed by atoms with van der Waals surface area (Å²) in [5.74, 6) is 0. The van der Waals surface area contributed by atoms with Crippen LogP contribution in [0.2, 0.25) is 0 Å². The van der Waals surface area contributed by atoms with E-state index in [0.29, 0.717) is 0 Å². The molecular weight excluding hydrogens is 218 g/mol. The van der Waals surface area contributed by atoms with Crippen molar-refractivity contribution in [1.82, 2.24) is 4.98 Å². The fraction of sp³-hybridized carbons (Fsp3) is 0.769. The van der Waals surface area contributed by atoms with Crippen LogP contribution in [0.4, 0.5) is 0 Å². The first-order valence-electron chi connectivity index (χ1n) is 6.31. The fourth-order valence-corrected chi connectivity index (χ4v) is 3.13. The first-order valence-corrected chi connectivity index (χ1v) is 7.19. The molecule has 0 saturated carbocycles. The van der Waals surface area contributed by atoms with Crippen molar-refractivity contribution in [3.05, 3.63) is 16.1 Å². The molecular formula is C13H23NOS. The summed E-state index contributed by atoms with van der Waals surface area (Å²) >= 11 is 1.75. The maximum Gasteiger partial charge on any atom is 0.125 e. The molecule has 3 heteroatoms. The minimum Gasteiger partial charge on any atom is -0.368 e. The second kappa shape index (κ2) is 6.36. The summed E-state index contributed by atoms with van der Waals surface area (Å²) in [5, 5.41) is 3.33. The molecule has 1 aromatic rings. The van der Waals surface area contributed by atoms with Gasteiger partial charge in [-0.2, -0.15) is 0 Å². The van der Waals surface area contributed by atoms with Crippen molar-refractivity contribution in [2.45, 2.75) is 59.0 Å². The summed E-state index contributed by atoms with van der Waals surface area (Å²) < 4.78 is 5.95. The minimum atomic E-state index is -0.147. The van der Waals surface area contributed by atoms with Gasteiger partial charge in [-0.25, -0.2) is 4.98 Å². The van der Waals surface area contributed by atoms with E-state index in [1.807, 2.05) is 0 Å². The molecule has 0 aliphatic rings. The third kappa shape index (κ3) is 2.83. The zero-order valence-corrected chi connectivity index (χ0v) is 11.7. The molecule has 0 bridgehead atoms. The monoisotopic (exact) mass is 241 g/mol. The van der Waals surface area contributed by atoms with Gasteiger partial charge in [-0.15, -0.1) is 11.3 Å². The Morgan fingerprint density at radius 3 is 2.44 bits per heavy atom. The van der Waals surface area contributed by atoms with Crippen LogP contribution >= 0.6 is 11.3 Å². The van der Waals surface area contributed by atoms with Gasteiger partial charge in [0.05, 0.1) is 5.69 Å². The molecule has 0 radical (unpaired) electrons. The molecule has 92 valence electrons. The largest absolute Gasteiger partial charge is 0.368 e. The molecule has 0 aliphatic carbocycles. The van der Waals surface area contributed by atoms with E-state index in [2.05, 4.69) is 33.1 Å². The standard InChI is InChI=1S/C13H23NOS/c1-5-9-11-10-16-12(14-11)13(6-2,7-3)15-8-4/h10H,5-9H2,1-4H3. The molecule has 1 heterocycles. The first kappa shape index (κ1) is 13.7. The molecule has 0 fully saturated rings. The molecule has 0 saturated heterocycles. The lowest BCUT2D eigenvalue weighted by Gasteiger charge is -2.29. The highest BCUT2D eigenvalue weighted by Gasteiger charge is 2.32. The van der Waals surface area contributed by atoms with Gasteiger partial charge >= 0.3 is 0 Å². The van der Waals surface area contributed by atoms with Crippen LogP contribution in [-0.4, -0.2) is 11.6 Å². The Hall–Kier alpha value is -0.410. The third-order valence-electron chi connectivity index (χ3n) is 3.01. The second-order valence-corrected chi connectivity index (χ2v) is 4.89. The predicted octanol–water partition coefficient (Wildman–Crippen LogP) is 4.15. The molecule has 0 spiro atoms. The van der Waals surface area contributed by atoms with Crippen LogP contribution in [0.5, 0.6) is 0 Å². The fourth-order valence-electron chi connectivity index (χ4n) is 1.98. The molecule has 0 aliphatic heterocycles. The van der Waals surface area contributed by atoms with Crippen molar-refractivity contribution in [2.24, 2.45) is 0 Å². The van der Waals surface area contributed by atoms with Gasteiger partial charge in [0.1, 0.15) is 10.6 Å². The smallest absolute Gasteiger partial charge is 0.125 e. The second-order valence-electron chi connectivity index (χ2n) is 4.03. The van der Waals surface area contributed by atoms with E-state index in [1.165, 1.54) is 5.69 Å². The van der Waals surface area contributed by atoms with Crippen LogP contribution < -0.4 is 0 Å². The normalized spacial score (nSPS) is 12.0. The number of ether oxygens (including phenoxy) is 1. The number of aryl methyl sites for hydroxylation is 1. The van der Waals surface area contributed by atoms with Crippen LogP contribution in [0.25, 0.3) is 0 Å². The number of rotatable bonds is 7. The van der Waals surface area contributed by atoms with Crippen LogP contribution in [0, 0.1) is 0 Å². The van der Waals surface area contributed by atoms with Crippen molar-refractivity contribution < 1.29 is 4.74 Å². The van der Waals surface area contributed by atoms with Gasteiger partial charge < -0.3 is 4.74 Å². The van der Waals surface area contributed by atoms with E-state index >= 15 is 0 Å². The lowest BCUT2D eigenvalue weighted by atomic mass is 9.98. The predicted molar refractivity (Wildman–Crippen MR) is 70.0 cm³/mol. The molecule has 1 aromatic heterocycles. The summed E-state index contributed by atoms with van der Waals surface area (Å²) in [6, 6.07) is 0. The van der Waals surface area contributed by atoms with Crippen LogP contribution in [0.1, 0.15) is 57.7 Å². The van der Waals surface area contributed by atoms with Crippen molar-refractivity contribution >= 4 is 11.3 Å². The number of hydrogen-bond donors (Lipinski definition) is 0. The molecule has 16 heavy (non-hydrogen) atoms. The van der Waals surface area contributed by atoms with E-state index in [-0.39, 0.29) is 5.60 Å². The van der Waals surface area contributed by atoms with Crippen LogP contribution in [-0.2, 0) is 16.8 Å². The van der Waals surface area contributed by atoms with E-state index in [4.69, 9.17) is 9.72 Å². The zero-order valence-electron chi connectivity index (χ0n) is 10.9. The number of hydrogen-bond acceptors (Lipinski definition) is 3. The molecule has 1 rings (SSSR count). The number of nitrogens with zero attached hydrogens (tertiary/aromatic N) is 1. The van der Waals surface area contributed by atoms with Crippen molar-refractivity contribution in [3.63, 3.8) is 0 Å². The third-order valence-corrected chi connectivity index (χ3v) is 4.09. The highest BCUT2D eigenvalue weighted by atomic mass is 32.1. The average molecular weight is 241 g/mol. The first-order chi connectivity index (χ1) is 7.72. The van der Waals surface area contributed by atoms with Crippen molar-refractivity contribution in [2.75, 3.05) is 6.61 Å². The minimum absolute atomic E-state index is 0.147. The Morgan fingerprint density at radius 2 is 1.94 bits per heavy atom. The maximum atomic E-state index is 5.95. The topological polar surface area (TPSA) is 22.1 Å². The van der Waals surface area contributed by atoms with Crippen molar-refractivity contribution in [1.29, 1.82) is 0 Å². The highest BCUT2D eigenvalue weighted by Crippen LogP contribution is 2.35. The van der Waals surface area contributed by atoms with Crippen LogP contribution in [0.3, 0.4) is 0 Å². The maximum absolute atomic E-state index is 5.95. The Labute approximate surface area is 103 Å². The SMILES string of the molecule is CCCc1csc(C(CC)(CC)OCC)n1. The van der Waals surface area contributed by atoms with E-state index in [9.17, 15) is 0 Å². The summed E-state index contributed by atoms with van der Waals surface area (Å²) in [7, 11) is 0. The lowest BCUT2D eigenvalue weighted by Crippen LogP contribution is -2.28. The Bertz CT molecular complexity index is 305. The van der Waals surface area contributed by atoms with Gasteiger partial charge in [-0.05, 0) is 26.2 Å². The summed E-state index contributed by atoms with van der Waals surface area (Å²) in [6.07, 6.45) is 4.22. The van der Waals surface area contributed by atoms with Gasteiger partial charge in [0.15, 0.2) is 0 Å². The van der Waals surface area contributed by atoms with E-state index in [1.54, 1.807) is 11.3 Å². The van der Waals surface area contributed by atoms with E-state index < -0.39 is 0 Å². The Balaban J connectivity index is 2.91. The molecule has 0 N–H and O–H groups in total. The van der Waals surface area contributed by atoms with E-state index in [0.717, 1.165) is 37.3 Å². The molecule has 0 aromatic carbocycles. The molecule has 0 atom stereocenters. The summed E-state index contributed by atoms with van der Waals surface area (Å²) in [5.41, 5.74) is 1.07. The van der Waals surface area contributed by atoms with Gasteiger partial charge in [0.2, 0.25) is 0 Å². The van der Waals surface area contributed by atoms with Gasteiger partial charge in [-0.3, -0.25) is 0 Å². The number of thiazole rings is 1. The quantitative estimate of drug-likeness (QED) is 0.715. The summed E-state index contributed by atoms with van der Waals surface area (Å²) in [6.45, 7) is 9.36. The number of aromatic nitrogens is 1. The van der Waals surface area contributed by atoms with Gasteiger partial charge in [0.25, 0.3) is 0 Å². The highest BCUT2D eigenvalue weighted by molar-refractivity contribution is 7.09. The Kier molecular flexibility index (Phi) is 5.42. The molecule has 2 nitrogen and oxygen atoms in total. The zero-order chi connectivity index (χ0) is 12.0. The lowest BCUT2D eigenvalue weighted by molar-refractivity contribution is -0.0507. The van der Waals surface area contributed by atoms with Crippen molar-refractivity contribution in [3.8, 4) is 0 Å². The van der Waals surface area contributed by atoms with Crippen LogP contribution in [0.15, 0.2) is 5.38 Å². The molecule has 0 amide bonds. The van der Waals surface area contributed by atoms with Gasteiger partial charge in [-0.1, -0.05) is 27.2 Å². The van der Waals surface area contributed by atoms with Gasteiger partial charge in [0, 0.05) is 12.0 Å². The Morgan fingerprint density at radius 1 is 1.25 bits per heavy atom. The summed E-state index contributed by atoms with van der Waals surface area (Å²) in [4.78, 5) is 4.73. The molecule has 0 unspecified atom stereocenters.